The van der Waals surface area contributed by atoms with E-state index in [2.05, 4.69) is 4.98 Å². The number of piperazine rings is 1. The number of rotatable bonds is 3. The number of carbonyl (C=O) groups is 2. The first-order valence-corrected chi connectivity index (χ1v) is 8.55. The number of benzene rings is 1. The van der Waals surface area contributed by atoms with E-state index in [1.807, 2.05) is 0 Å². The van der Waals surface area contributed by atoms with Crippen LogP contribution in [0.2, 0.25) is 0 Å². The van der Waals surface area contributed by atoms with Gasteiger partial charge in [0.15, 0.2) is 0 Å². The zero-order valence-corrected chi connectivity index (χ0v) is 15.1. The summed E-state index contributed by atoms with van der Waals surface area (Å²) >= 11 is 0. The van der Waals surface area contributed by atoms with Gasteiger partial charge in [-0.05, 0) is 30.3 Å². The molecule has 9 heteroatoms. The zero-order valence-electron chi connectivity index (χ0n) is 15.1. The number of ether oxygens (including phenoxy) is 1. The van der Waals surface area contributed by atoms with Crippen molar-refractivity contribution in [1.82, 2.24) is 14.8 Å². The van der Waals surface area contributed by atoms with Gasteiger partial charge in [0.05, 0.1) is 18.2 Å². The number of halogens is 3. The smallest absolute Gasteiger partial charge is 0.416 e. The number of alkyl halides is 3. The van der Waals surface area contributed by atoms with E-state index in [4.69, 9.17) is 4.74 Å². The van der Waals surface area contributed by atoms with E-state index in [9.17, 15) is 22.8 Å². The standard InChI is InChI=1S/C19H18F3N3O3/c1-28-16-7-4-14(12-23-16)18(27)25-10-8-24(9-11-25)17(26)13-2-5-15(6-3-13)19(20,21)22/h2-7,12H,8-11H2,1H3. The van der Waals surface area contributed by atoms with Crippen molar-refractivity contribution in [2.24, 2.45) is 0 Å². The third-order valence-corrected chi connectivity index (χ3v) is 4.51. The Bertz CT molecular complexity index is 843. The molecule has 1 aliphatic rings. The van der Waals surface area contributed by atoms with Crippen molar-refractivity contribution in [3.63, 3.8) is 0 Å². The largest absolute Gasteiger partial charge is 0.481 e. The molecule has 28 heavy (non-hydrogen) atoms. The number of aromatic nitrogens is 1. The molecular weight excluding hydrogens is 375 g/mol. The number of methoxy groups -OCH3 is 1. The van der Waals surface area contributed by atoms with E-state index in [-0.39, 0.29) is 17.4 Å². The molecule has 3 rings (SSSR count). The van der Waals surface area contributed by atoms with Gasteiger partial charge < -0.3 is 14.5 Å². The Balaban J connectivity index is 1.59. The highest BCUT2D eigenvalue weighted by atomic mass is 19.4. The Kier molecular flexibility index (Phi) is 5.53. The van der Waals surface area contributed by atoms with Gasteiger partial charge in [0.1, 0.15) is 0 Å². The highest BCUT2D eigenvalue weighted by Crippen LogP contribution is 2.29. The number of carbonyl (C=O) groups excluding carboxylic acids is 2. The van der Waals surface area contributed by atoms with Crippen LogP contribution in [0.25, 0.3) is 0 Å². The molecule has 1 aromatic carbocycles. The summed E-state index contributed by atoms with van der Waals surface area (Å²) in [6.45, 7) is 1.26. The molecule has 0 aliphatic carbocycles. The van der Waals surface area contributed by atoms with E-state index in [0.717, 1.165) is 12.1 Å². The molecule has 2 heterocycles. The molecule has 0 N–H and O–H groups in total. The highest BCUT2D eigenvalue weighted by molar-refractivity contribution is 5.95. The monoisotopic (exact) mass is 393 g/mol. The van der Waals surface area contributed by atoms with Gasteiger partial charge >= 0.3 is 6.18 Å². The molecule has 1 aliphatic heterocycles. The maximum Gasteiger partial charge on any atom is 0.416 e. The number of amides is 2. The fourth-order valence-electron chi connectivity index (χ4n) is 2.91. The van der Waals surface area contributed by atoms with E-state index >= 15 is 0 Å². The van der Waals surface area contributed by atoms with Crippen molar-refractivity contribution < 1.29 is 27.5 Å². The molecule has 0 bridgehead atoms. The van der Waals surface area contributed by atoms with Crippen LogP contribution in [0.15, 0.2) is 42.6 Å². The lowest BCUT2D eigenvalue weighted by atomic mass is 10.1. The molecular formula is C19H18F3N3O3. The lowest BCUT2D eigenvalue weighted by Crippen LogP contribution is -2.50. The average Bonchev–Trinajstić information content (AvgIpc) is 2.72. The molecule has 0 unspecified atom stereocenters. The van der Waals surface area contributed by atoms with E-state index in [0.29, 0.717) is 37.6 Å². The van der Waals surface area contributed by atoms with Crippen molar-refractivity contribution in [1.29, 1.82) is 0 Å². The Morgan fingerprint density at radius 2 is 1.39 bits per heavy atom. The molecule has 6 nitrogen and oxygen atoms in total. The van der Waals surface area contributed by atoms with Crippen molar-refractivity contribution in [2.75, 3.05) is 33.3 Å². The fourth-order valence-corrected chi connectivity index (χ4v) is 2.91. The Morgan fingerprint density at radius 1 is 0.893 bits per heavy atom. The van der Waals surface area contributed by atoms with Crippen LogP contribution in [0.5, 0.6) is 5.88 Å². The van der Waals surface area contributed by atoms with Crippen molar-refractivity contribution >= 4 is 11.8 Å². The van der Waals surface area contributed by atoms with Gasteiger partial charge in [0.2, 0.25) is 5.88 Å². The van der Waals surface area contributed by atoms with Gasteiger partial charge in [0, 0.05) is 44.0 Å². The second-order valence-corrected chi connectivity index (χ2v) is 6.25. The summed E-state index contributed by atoms with van der Waals surface area (Å²) in [4.78, 5) is 32.2. The predicted molar refractivity (Wildman–Crippen MR) is 94.0 cm³/mol. The van der Waals surface area contributed by atoms with E-state index in [1.165, 1.54) is 30.3 Å². The number of nitrogens with zero attached hydrogens (tertiary/aromatic N) is 3. The Labute approximate surface area is 159 Å². The molecule has 0 atom stereocenters. The summed E-state index contributed by atoms with van der Waals surface area (Å²) < 4.78 is 42.9. The van der Waals surface area contributed by atoms with Crippen LogP contribution in [0.3, 0.4) is 0 Å². The van der Waals surface area contributed by atoms with Crippen LogP contribution in [0, 0.1) is 0 Å². The second kappa shape index (κ2) is 7.87. The quantitative estimate of drug-likeness (QED) is 0.805. The summed E-state index contributed by atoms with van der Waals surface area (Å²) in [5.74, 6) is -0.146. The molecule has 1 fully saturated rings. The third kappa shape index (κ3) is 4.24. The van der Waals surface area contributed by atoms with Crippen LogP contribution in [0.1, 0.15) is 26.3 Å². The van der Waals surface area contributed by atoms with Crippen LogP contribution >= 0.6 is 0 Å². The van der Waals surface area contributed by atoms with Crippen molar-refractivity contribution in [2.45, 2.75) is 6.18 Å². The van der Waals surface area contributed by atoms with Crippen molar-refractivity contribution in [3.05, 3.63) is 59.3 Å². The second-order valence-electron chi connectivity index (χ2n) is 6.25. The summed E-state index contributed by atoms with van der Waals surface area (Å²) in [5, 5.41) is 0. The van der Waals surface area contributed by atoms with Gasteiger partial charge in [-0.3, -0.25) is 9.59 Å². The number of hydrogen-bond donors (Lipinski definition) is 0. The van der Waals surface area contributed by atoms with E-state index < -0.39 is 11.7 Å². The van der Waals surface area contributed by atoms with Gasteiger partial charge in [-0.15, -0.1) is 0 Å². The van der Waals surface area contributed by atoms with Gasteiger partial charge in [0.25, 0.3) is 11.8 Å². The van der Waals surface area contributed by atoms with Crippen LogP contribution < -0.4 is 4.74 Å². The average molecular weight is 393 g/mol. The first kappa shape index (κ1) is 19.7. The van der Waals surface area contributed by atoms with Crippen LogP contribution in [-0.4, -0.2) is 59.9 Å². The summed E-state index contributed by atoms with van der Waals surface area (Å²) in [7, 11) is 1.48. The maximum absolute atomic E-state index is 12.6. The lowest BCUT2D eigenvalue weighted by Gasteiger charge is -2.34. The summed E-state index contributed by atoms with van der Waals surface area (Å²) in [5.41, 5.74) is -0.192. The van der Waals surface area contributed by atoms with Crippen molar-refractivity contribution in [3.8, 4) is 5.88 Å². The Hall–Kier alpha value is -3.10. The SMILES string of the molecule is COc1ccc(C(=O)N2CCN(C(=O)c3ccc(C(F)(F)F)cc3)CC2)cn1. The molecule has 0 spiro atoms. The van der Waals surface area contributed by atoms with Gasteiger partial charge in [-0.2, -0.15) is 13.2 Å². The molecule has 2 amide bonds. The van der Waals surface area contributed by atoms with Crippen LogP contribution in [-0.2, 0) is 6.18 Å². The molecule has 148 valence electrons. The minimum atomic E-state index is -4.44. The zero-order chi connectivity index (χ0) is 20.3. The molecule has 1 aromatic heterocycles. The molecule has 0 radical (unpaired) electrons. The van der Waals surface area contributed by atoms with E-state index in [1.54, 1.807) is 17.0 Å². The maximum atomic E-state index is 12.6. The number of hydrogen-bond acceptors (Lipinski definition) is 4. The minimum absolute atomic E-state index is 0.187. The predicted octanol–water partition coefficient (Wildman–Crippen LogP) is 2.71. The third-order valence-electron chi connectivity index (χ3n) is 4.51. The topological polar surface area (TPSA) is 62.7 Å². The summed E-state index contributed by atoms with van der Waals surface area (Å²) in [6.07, 6.45) is -3.01. The van der Waals surface area contributed by atoms with Crippen LogP contribution in [0.4, 0.5) is 13.2 Å². The van der Waals surface area contributed by atoms with Gasteiger partial charge in [-0.25, -0.2) is 4.98 Å². The first-order valence-electron chi connectivity index (χ1n) is 8.55. The molecule has 1 saturated heterocycles. The number of pyridine rings is 1. The Morgan fingerprint density at radius 3 is 1.82 bits per heavy atom. The minimum Gasteiger partial charge on any atom is -0.481 e. The first-order chi connectivity index (χ1) is 13.3. The normalized spacial score (nSPS) is 14.7. The molecule has 0 saturated carbocycles. The van der Waals surface area contributed by atoms with Gasteiger partial charge in [-0.1, -0.05) is 0 Å². The lowest BCUT2D eigenvalue weighted by molar-refractivity contribution is -0.137. The fraction of sp³-hybridized carbons (Fsp3) is 0.316. The highest BCUT2D eigenvalue weighted by Gasteiger charge is 2.31. The summed E-state index contributed by atoms with van der Waals surface area (Å²) in [6, 6.07) is 7.34. The molecule has 2 aromatic rings.